The van der Waals surface area contributed by atoms with Gasteiger partial charge in [-0.25, -0.2) is 18.9 Å². The maximum absolute atomic E-state index is 13.6. The number of carboxylic acids is 1. The summed E-state index contributed by atoms with van der Waals surface area (Å²) in [5, 5.41) is 12.6. The monoisotopic (exact) mass is 225 g/mol. The molecule has 1 saturated carbocycles. The van der Waals surface area contributed by atoms with Crippen LogP contribution in [-0.4, -0.2) is 25.8 Å². The minimum absolute atomic E-state index is 0.00176. The maximum atomic E-state index is 13.6. The standard InChI is InChI=1S/C10H12FN3O2/c11-7-4-6(3-5-1-2-5)14-9(7)12-8(13-14)10(15)16/h5-7H,1-4H2,(H,15,16)/t6-,7+/m1/s1. The van der Waals surface area contributed by atoms with Crippen LogP contribution in [0, 0.1) is 5.92 Å². The van der Waals surface area contributed by atoms with Gasteiger partial charge in [-0.2, -0.15) is 0 Å². The molecule has 1 fully saturated rings. The van der Waals surface area contributed by atoms with Crippen LogP contribution in [0.2, 0.25) is 0 Å². The summed E-state index contributed by atoms with van der Waals surface area (Å²) >= 11 is 0. The van der Waals surface area contributed by atoms with Gasteiger partial charge in [0.05, 0.1) is 6.04 Å². The van der Waals surface area contributed by atoms with Gasteiger partial charge in [0, 0.05) is 6.42 Å². The highest BCUT2D eigenvalue weighted by Gasteiger charge is 2.38. The van der Waals surface area contributed by atoms with Crippen LogP contribution < -0.4 is 0 Å². The molecule has 1 N–H and O–H groups in total. The molecule has 1 aliphatic heterocycles. The summed E-state index contributed by atoms with van der Waals surface area (Å²) in [5.74, 6) is -0.638. The third kappa shape index (κ3) is 1.48. The average molecular weight is 225 g/mol. The van der Waals surface area contributed by atoms with Crippen LogP contribution in [0.15, 0.2) is 0 Å². The number of rotatable bonds is 3. The van der Waals surface area contributed by atoms with Gasteiger partial charge in [0.25, 0.3) is 5.82 Å². The summed E-state index contributed by atoms with van der Waals surface area (Å²) in [6.45, 7) is 0. The first-order valence-corrected chi connectivity index (χ1v) is 5.49. The molecule has 0 aromatic carbocycles. The minimum atomic E-state index is -1.20. The SMILES string of the molecule is O=C(O)c1nc2n(n1)[C@H](CC1CC1)C[C@@H]2F. The molecule has 1 aromatic rings. The van der Waals surface area contributed by atoms with Crippen molar-refractivity contribution in [2.75, 3.05) is 0 Å². The first-order valence-electron chi connectivity index (χ1n) is 5.49. The Kier molecular flexibility index (Phi) is 1.99. The molecule has 2 atom stereocenters. The molecule has 16 heavy (non-hydrogen) atoms. The normalized spacial score (nSPS) is 28.1. The Morgan fingerprint density at radius 3 is 2.94 bits per heavy atom. The molecule has 2 aliphatic rings. The average Bonchev–Trinajstić information content (AvgIpc) is 2.84. The quantitative estimate of drug-likeness (QED) is 0.850. The van der Waals surface area contributed by atoms with Gasteiger partial charge >= 0.3 is 5.97 Å². The second-order valence-corrected chi connectivity index (χ2v) is 4.58. The lowest BCUT2D eigenvalue weighted by Gasteiger charge is -2.09. The molecule has 0 radical (unpaired) electrons. The largest absolute Gasteiger partial charge is 0.475 e. The summed E-state index contributed by atoms with van der Waals surface area (Å²) in [7, 11) is 0. The van der Waals surface area contributed by atoms with Crippen LogP contribution in [0.1, 0.15) is 54.3 Å². The van der Waals surface area contributed by atoms with E-state index in [0.717, 1.165) is 6.42 Å². The van der Waals surface area contributed by atoms with Gasteiger partial charge in [0.2, 0.25) is 0 Å². The van der Waals surface area contributed by atoms with Crippen LogP contribution in [0.25, 0.3) is 0 Å². The van der Waals surface area contributed by atoms with E-state index in [0.29, 0.717) is 12.3 Å². The topological polar surface area (TPSA) is 68.0 Å². The first-order chi connectivity index (χ1) is 7.65. The van der Waals surface area contributed by atoms with E-state index in [1.54, 1.807) is 0 Å². The smallest absolute Gasteiger partial charge is 0.375 e. The Bertz CT molecular complexity index is 441. The number of alkyl halides is 1. The van der Waals surface area contributed by atoms with Crippen molar-refractivity contribution in [1.29, 1.82) is 0 Å². The van der Waals surface area contributed by atoms with E-state index in [9.17, 15) is 9.18 Å². The van der Waals surface area contributed by atoms with Gasteiger partial charge in [-0.3, -0.25) is 0 Å². The Balaban J connectivity index is 1.89. The fourth-order valence-electron chi connectivity index (χ4n) is 2.29. The Hall–Kier alpha value is -1.46. The van der Waals surface area contributed by atoms with Gasteiger partial charge in [-0.15, -0.1) is 5.10 Å². The van der Waals surface area contributed by atoms with Crippen molar-refractivity contribution in [1.82, 2.24) is 14.8 Å². The molecule has 0 bridgehead atoms. The fourth-order valence-corrected chi connectivity index (χ4v) is 2.29. The van der Waals surface area contributed by atoms with Crippen molar-refractivity contribution in [2.45, 2.75) is 37.9 Å². The molecule has 2 heterocycles. The molecule has 3 rings (SSSR count). The number of aromatic nitrogens is 3. The van der Waals surface area contributed by atoms with Crippen LogP contribution in [-0.2, 0) is 0 Å². The lowest BCUT2D eigenvalue weighted by molar-refractivity contribution is 0.0682. The van der Waals surface area contributed by atoms with Gasteiger partial charge < -0.3 is 5.11 Å². The predicted molar refractivity (Wildman–Crippen MR) is 51.8 cm³/mol. The molecular weight excluding hydrogens is 213 g/mol. The molecular formula is C10H12FN3O2. The fraction of sp³-hybridized carbons (Fsp3) is 0.700. The number of halogens is 1. The second-order valence-electron chi connectivity index (χ2n) is 4.58. The number of carbonyl (C=O) groups is 1. The highest BCUT2D eigenvalue weighted by molar-refractivity contribution is 5.82. The van der Waals surface area contributed by atoms with E-state index >= 15 is 0 Å². The van der Waals surface area contributed by atoms with Crippen LogP contribution in [0.4, 0.5) is 4.39 Å². The maximum Gasteiger partial charge on any atom is 0.375 e. The Morgan fingerprint density at radius 1 is 1.56 bits per heavy atom. The third-order valence-electron chi connectivity index (χ3n) is 3.26. The van der Waals surface area contributed by atoms with Crippen molar-refractivity contribution >= 4 is 5.97 Å². The number of hydrogen-bond donors (Lipinski definition) is 1. The highest BCUT2D eigenvalue weighted by Crippen LogP contribution is 2.44. The van der Waals surface area contributed by atoms with Gasteiger partial charge in [0.1, 0.15) is 0 Å². The van der Waals surface area contributed by atoms with Gasteiger partial charge in [-0.05, 0) is 12.3 Å². The lowest BCUT2D eigenvalue weighted by Crippen LogP contribution is -2.08. The summed E-state index contributed by atoms with van der Waals surface area (Å²) in [4.78, 5) is 14.4. The van der Waals surface area contributed by atoms with E-state index in [2.05, 4.69) is 10.1 Å². The number of nitrogens with zero attached hydrogens (tertiary/aromatic N) is 3. The minimum Gasteiger partial charge on any atom is -0.475 e. The van der Waals surface area contributed by atoms with Crippen molar-refractivity contribution < 1.29 is 14.3 Å². The van der Waals surface area contributed by atoms with E-state index < -0.39 is 12.1 Å². The number of hydrogen-bond acceptors (Lipinski definition) is 3. The second kappa shape index (κ2) is 3.26. The van der Waals surface area contributed by atoms with Crippen LogP contribution >= 0.6 is 0 Å². The molecule has 6 heteroatoms. The lowest BCUT2D eigenvalue weighted by atomic mass is 10.1. The highest BCUT2D eigenvalue weighted by atomic mass is 19.1. The van der Waals surface area contributed by atoms with E-state index in [1.807, 2.05) is 0 Å². The van der Waals surface area contributed by atoms with Crippen molar-refractivity contribution in [3.05, 3.63) is 11.6 Å². The summed E-state index contributed by atoms with van der Waals surface area (Å²) in [5.41, 5.74) is 0. The van der Waals surface area contributed by atoms with Crippen molar-refractivity contribution in [3.63, 3.8) is 0 Å². The van der Waals surface area contributed by atoms with E-state index in [1.165, 1.54) is 17.5 Å². The molecule has 0 unspecified atom stereocenters. The van der Waals surface area contributed by atoms with E-state index in [-0.39, 0.29) is 17.7 Å². The van der Waals surface area contributed by atoms with Gasteiger partial charge in [-0.1, -0.05) is 12.8 Å². The Labute approximate surface area is 91.3 Å². The number of fused-ring (bicyclic) bond motifs is 1. The summed E-state index contributed by atoms with van der Waals surface area (Å²) in [6.07, 6.45) is 2.53. The molecule has 5 nitrogen and oxygen atoms in total. The molecule has 86 valence electrons. The molecule has 1 aliphatic carbocycles. The molecule has 0 saturated heterocycles. The zero-order valence-electron chi connectivity index (χ0n) is 8.64. The van der Waals surface area contributed by atoms with Crippen molar-refractivity contribution in [2.24, 2.45) is 5.92 Å². The zero-order chi connectivity index (χ0) is 11.3. The van der Waals surface area contributed by atoms with Crippen LogP contribution in [0.5, 0.6) is 0 Å². The van der Waals surface area contributed by atoms with Gasteiger partial charge in [0.15, 0.2) is 12.0 Å². The summed E-state index contributed by atoms with van der Waals surface area (Å²) in [6, 6.07) is -0.00176. The predicted octanol–water partition coefficient (Wildman–Crippen LogP) is 1.73. The molecule has 0 spiro atoms. The van der Waals surface area contributed by atoms with Crippen molar-refractivity contribution in [3.8, 4) is 0 Å². The third-order valence-corrected chi connectivity index (χ3v) is 3.26. The molecule has 1 aromatic heterocycles. The first kappa shape index (κ1) is 9.74. The zero-order valence-corrected chi connectivity index (χ0v) is 8.64. The Morgan fingerprint density at radius 2 is 2.31 bits per heavy atom. The van der Waals surface area contributed by atoms with E-state index in [4.69, 9.17) is 5.11 Å². The molecule has 0 amide bonds. The number of carboxylic acid groups (broad SMARTS) is 1. The van der Waals surface area contributed by atoms with Crippen LogP contribution in [0.3, 0.4) is 0 Å². The number of aromatic carboxylic acids is 1. The summed E-state index contributed by atoms with van der Waals surface area (Å²) < 4.78 is 15.1.